The summed E-state index contributed by atoms with van der Waals surface area (Å²) in [6.45, 7) is 2.62. The van der Waals surface area contributed by atoms with E-state index in [1.165, 1.54) is 0 Å². The second kappa shape index (κ2) is 6.53. The van der Waals surface area contributed by atoms with Gasteiger partial charge in [0.2, 0.25) is 0 Å². The van der Waals surface area contributed by atoms with Gasteiger partial charge in [-0.3, -0.25) is 0 Å². The minimum absolute atomic E-state index is 0.230. The second-order valence-corrected chi connectivity index (χ2v) is 4.03. The Morgan fingerprint density at radius 1 is 1.50 bits per heavy atom. The van der Waals surface area contributed by atoms with Crippen molar-refractivity contribution in [2.45, 2.75) is 25.1 Å². The maximum Gasteiger partial charge on any atom is 0.339 e. The first-order valence-electron chi connectivity index (χ1n) is 5.24. The van der Waals surface area contributed by atoms with E-state index in [2.05, 4.69) is 22.9 Å². The molecule has 0 aliphatic carbocycles. The molecule has 88 valence electrons. The first-order chi connectivity index (χ1) is 7.69. The van der Waals surface area contributed by atoms with E-state index in [0.29, 0.717) is 17.7 Å². The molecule has 0 heterocycles. The van der Waals surface area contributed by atoms with E-state index in [4.69, 9.17) is 9.84 Å². The van der Waals surface area contributed by atoms with Gasteiger partial charge in [0.15, 0.2) is 0 Å². The first-order valence-corrected chi connectivity index (χ1v) is 6.36. The van der Waals surface area contributed by atoms with Gasteiger partial charge in [0.1, 0.15) is 11.3 Å². The number of carboxylic acid groups (broad SMARTS) is 1. The number of unbranched alkanes of at least 4 members (excludes halogenated alkanes) is 1. The molecule has 0 fully saturated rings. The van der Waals surface area contributed by atoms with Crippen molar-refractivity contribution in [3.63, 3.8) is 0 Å². The minimum Gasteiger partial charge on any atom is -0.493 e. The summed E-state index contributed by atoms with van der Waals surface area (Å²) in [6, 6.07) is 5.22. The average molecular weight is 287 g/mol. The van der Waals surface area contributed by atoms with Crippen molar-refractivity contribution in [3.8, 4) is 5.75 Å². The number of alkyl halides is 1. The molecule has 0 aliphatic heterocycles. The summed E-state index contributed by atoms with van der Waals surface area (Å²) in [5.41, 5.74) is 1.16. The standard InChI is InChI=1S/C12H15BrO3/c1-2-3-6-16-11-5-4-9(8-13)7-10(11)12(14)15/h4-5,7H,2-3,6,8H2,1H3,(H,14,15). The lowest BCUT2D eigenvalue weighted by molar-refractivity contribution is 0.0692. The molecule has 3 nitrogen and oxygen atoms in total. The van der Waals surface area contributed by atoms with Crippen LogP contribution in [0.2, 0.25) is 0 Å². The molecule has 4 heteroatoms. The van der Waals surface area contributed by atoms with Crippen molar-refractivity contribution in [1.82, 2.24) is 0 Å². The average Bonchev–Trinajstić information content (AvgIpc) is 2.29. The molecular weight excluding hydrogens is 272 g/mol. The highest BCUT2D eigenvalue weighted by Crippen LogP contribution is 2.21. The van der Waals surface area contributed by atoms with Gasteiger partial charge in [0.05, 0.1) is 6.61 Å². The molecule has 0 aliphatic rings. The molecule has 1 aromatic carbocycles. The smallest absolute Gasteiger partial charge is 0.339 e. The van der Waals surface area contributed by atoms with Crippen LogP contribution in [0.4, 0.5) is 0 Å². The lowest BCUT2D eigenvalue weighted by Crippen LogP contribution is -2.05. The molecule has 0 unspecified atom stereocenters. The predicted octanol–water partition coefficient (Wildman–Crippen LogP) is 3.46. The Bertz CT molecular complexity index is 363. The number of carbonyl (C=O) groups is 1. The van der Waals surface area contributed by atoms with Gasteiger partial charge in [-0.05, 0) is 24.1 Å². The van der Waals surface area contributed by atoms with Crippen LogP contribution in [0, 0.1) is 0 Å². The molecule has 0 radical (unpaired) electrons. The molecule has 0 aromatic heterocycles. The van der Waals surface area contributed by atoms with E-state index in [9.17, 15) is 4.79 Å². The van der Waals surface area contributed by atoms with Gasteiger partial charge >= 0.3 is 5.97 Å². The van der Waals surface area contributed by atoms with Gasteiger partial charge in [-0.15, -0.1) is 0 Å². The van der Waals surface area contributed by atoms with Crippen molar-refractivity contribution in [2.75, 3.05) is 6.61 Å². The van der Waals surface area contributed by atoms with Crippen LogP contribution in [-0.4, -0.2) is 17.7 Å². The summed E-state index contributed by atoms with van der Waals surface area (Å²) in [6.07, 6.45) is 1.96. The number of aromatic carboxylic acids is 1. The highest BCUT2D eigenvalue weighted by molar-refractivity contribution is 9.08. The molecule has 0 amide bonds. The second-order valence-electron chi connectivity index (χ2n) is 3.47. The van der Waals surface area contributed by atoms with Gasteiger partial charge in [0, 0.05) is 5.33 Å². The molecule has 0 bridgehead atoms. The van der Waals surface area contributed by atoms with Crippen LogP contribution in [0.1, 0.15) is 35.7 Å². The van der Waals surface area contributed by atoms with Crippen LogP contribution in [-0.2, 0) is 5.33 Å². The number of rotatable bonds is 6. The molecule has 16 heavy (non-hydrogen) atoms. The zero-order valence-electron chi connectivity index (χ0n) is 9.20. The topological polar surface area (TPSA) is 46.5 Å². The van der Waals surface area contributed by atoms with Gasteiger partial charge in [-0.1, -0.05) is 35.3 Å². The van der Waals surface area contributed by atoms with E-state index in [0.717, 1.165) is 18.4 Å². The molecule has 0 atom stereocenters. The normalized spacial score (nSPS) is 10.1. The summed E-state index contributed by atoms with van der Waals surface area (Å²) in [7, 11) is 0. The molecule has 0 saturated heterocycles. The van der Waals surface area contributed by atoms with Crippen LogP contribution in [0.5, 0.6) is 5.75 Å². The Balaban J connectivity index is 2.85. The summed E-state index contributed by atoms with van der Waals surface area (Å²) in [5, 5.41) is 9.69. The van der Waals surface area contributed by atoms with E-state index in [1.807, 2.05) is 6.07 Å². The summed E-state index contributed by atoms with van der Waals surface area (Å²) in [5.74, 6) is -0.500. The molecular formula is C12H15BrO3. The summed E-state index contributed by atoms with van der Waals surface area (Å²) in [4.78, 5) is 11.0. The zero-order chi connectivity index (χ0) is 12.0. The number of hydrogen-bond acceptors (Lipinski definition) is 2. The number of benzene rings is 1. The number of halogens is 1. The third kappa shape index (κ3) is 3.52. The minimum atomic E-state index is -0.950. The predicted molar refractivity (Wildman–Crippen MR) is 66.4 cm³/mol. The van der Waals surface area contributed by atoms with Crippen LogP contribution < -0.4 is 4.74 Å². The fourth-order valence-corrected chi connectivity index (χ4v) is 1.63. The zero-order valence-corrected chi connectivity index (χ0v) is 10.8. The van der Waals surface area contributed by atoms with Crippen molar-refractivity contribution < 1.29 is 14.6 Å². The van der Waals surface area contributed by atoms with Crippen LogP contribution in [0.25, 0.3) is 0 Å². The van der Waals surface area contributed by atoms with Gasteiger partial charge in [0.25, 0.3) is 0 Å². The maximum absolute atomic E-state index is 11.0. The van der Waals surface area contributed by atoms with Crippen molar-refractivity contribution in [1.29, 1.82) is 0 Å². The third-order valence-corrected chi connectivity index (χ3v) is 2.83. The molecule has 1 aromatic rings. The van der Waals surface area contributed by atoms with Gasteiger partial charge in [-0.2, -0.15) is 0 Å². The molecule has 1 rings (SSSR count). The lowest BCUT2D eigenvalue weighted by atomic mass is 10.1. The largest absolute Gasteiger partial charge is 0.493 e. The quantitative estimate of drug-likeness (QED) is 0.644. The third-order valence-electron chi connectivity index (χ3n) is 2.18. The van der Waals surface area contributed by atoms with Crippen LogP contribution in [0.3, 0.4) is 0 Å². The van der Waals surface area contributed by atoms with E-state index >= 15 is 0 Å². The Morgan fingerprint density at radius 2 is 2.25 bits per heavy atom. The Labute approximate surface area is 104 Å². The maximum atomic E-state index is 11.0. The van der Waals surface area contributed by atoms with Crippen molar-refractivity contribution >= 4 is 21.9 Å². The highest BCUT2D eigenvalue weighted by atomic mass is 79.9. The monoisotopic (exact) mass is 286 g/mol. The van der Waals surface area contributed by atoms with Crippen molar-refractivity contribution in [3.05, 3.63) is 29.3 Å². The van der Waals surface area contributed by atoms with E-state index < -0.39 is 5.97 Å². The van der Waals surface area contributed by atoms with E-state index in [1.54, 1.807) is 12.1 Å². The van der Waals surface area contributed by atoms with Crippen LogP contribution >= 0.6 is 15.9 Å². The van der Waals surface area contributed by atoms with E-state index in [-0.39, 0.29) is 5.56 Å². The number of carboxylic acids is 1. The van der Waals surface area contributed by atoms with Gasteiger partial charge < -0.3 is 9.84 Å². The number of hydrogen-bond donors (Lipinski definition) is 1. The summed E-state index contributed by atoms with van der Waals surface area (Å²) < 4.78 is 5.44. The Hall–Kier alpha value is -1.03. The molecule has 0 saturated carbocycles. The molecule has 0 spiro atoms. The highest BCUT2D eigenvalue weighted by Gasteiger charge is 2.11. The fourth-order valence-electron chi connectivity index (χ4n) is 1.28. The van der Waals surface area contributed by atoms with Crippen molar-refractivity contribution in [2.24, 2.45) is 0 Å². The summed E-state index contributed by atoms with van der Waals surface area (Å²) >= 11 is 3.30. The number of ether oxygens (including phenoxy) is 1. The molecule has 1 N–H and O–H groups in total. The Morgan fingerprint density at radius 3 is 2.81 bits per heavy atom. The lowest BCUT2D eigenvalue weighted by Gasteiger charge is -2.09. The van der Waals surface area contributed by atoms with Crippen LogP contribution in [0.15, 0.2) is 18.2 Å². The first kappa shape index (κ1) is 13.0. The SMILES string of the molecule is CCCCOc1ccc(CBr)cc1C(=O)O. The Kier molecular flexibility index (Phi) is 5.32. The fraction of sp³-hybridized carbons (Fsp3) is 0.417. The van der Waals surface area contributed by atoms with Gasteiger partial charge in [-0.25, -0.2) is 4.79 Å².